The first-order valence-corrected chi connectivity index (χ1v) is 7.91. The zero-order valence-electron chi connectivity index (χ0n) is 13.0. The molecule has 1 aromatic carbocycles. The van der Waals surface area contributed by atoms with Crippen LogP contribution in [0.25, 0.3) is 6.08 Å². The van der Waals surface area contributed by atoms with Crippen LogP contribution in [0.1, 0.15) is 30.4 Å². The van der Waals surface area contributed by atoms with Gasteiger partial charge < -0.3 is 10.2 Å². The molecule has 0 aromatic heterocycles. The van der Waals surface area contributed by atoms with Gasteiger partial charge in [-0.1, -0.05) is 48.6 Å². The molecule has 1 N–H and O–H groups in total. The minimum atomic E-state index is 0.179. The van der Waals surface area contributed by atoms with Gasteiger partial charge in [-0.25, -0.2) is 0 Å². The van der Waals surface area contributed by atoms with Crippen molar-refractivity contribution in [3.63, 3.8) is 0 Å². The molecule has 3 rings (SSSR count). The molecule has 22 heavy (non-hydrogen) atoms. The van der Waals surface area contributed by atoms with Crippen molar-refractivity contribution in [2.24, 2.45) is 0 Å². The van der Waals surface area contributed by atoms with Gasteiger partial charge in [-0.2, -0.15) is 0 Å². The van der Waals surface area contributed by atoms with Crippen LogP contribution in [0.2, 0.25) is 0 Å². The number of carbonyl (C=O) groups is 1. The fourth-order valence-corrected chi connectivity index (χ4v) is 2.97. The van der Waals surface area contributed by atoms with Crippen LogP contribution >= 0.6 is 0 Å². The molecule has 1 aliphatic heterocycles. The predicted molar refractivity (Wildman–Crippen MR) is 90.0 cm³/mol. The van der Waals surface area contributed by atoms with E-state index in [2.05, 4.69) is 41.8 Å². The lowest BCUT2D eigenvalue weighted by Crippen LogP contribution is -2.33. The Morgan fingerprint density at radius 2 is 2.00 bits per heavy atom. The maximum absolute atomic E-state index is 12.7. The average molecular weight is 294 g/mol. The third-order valence-electron chi connectivity index (χ3n) is 4.17. The summed E-state index contributed by atoms with van der Waals surface area (Å²) < 4.78 is 0. The standard InChI is InChI=1S/C19H22N2O/c1-20-13-12-19(22)21-14-17-8-3-2-6-15(17)10-11-16-7-4-5-9-18(16)21/h2-3,6-11,20H,4-5,12-14H2,1H3/b11-10-. The van der Waals surface area contributed by atoms with Crippen LogP contribution in [-0.4, -0.2) is 24.4 Å². The first kappa shape index (κ1) is 14.8. The lowest BCUT2D eigenvalue weighted by molar-refractivity contribution is -0.129. The van der Waals surface area contributed by atoms with E-state index in [1.54, 1.807) is 0 Å². The third kappa shape index (κ3) is 3.04. The van der Waals surface area contributed by atoms with E-state index in [0.29, 0.717) is 19.5 Å². The maximum atomic E-state index is 12.7. The van der Waals surface area contributed by atoms with Crippen LogP contribution in [0.4, 0.5) is 0 Å². The topological polar surface area (TPSA) is 32.3 Å². The van der Waals surface area contributed by atoms with E-state index in [1.165, 1.54) is 16.7 Å². The summed E-state index contributed by atoms with van der Waals surface area (Å²) >= 11 is 0. The molecule has 1 aliphatic carbocycles. The zero-order valence-corrected chi connectivity index (χ0v) is 13.0. The second-order valence-corrected chi connectivity index (χ2v) is 5.69. The Bertz CT molecular complexity index is 655. The lowest BCUT2D eigenvalue weighted by Gasteiger charge is -2.30. The highest BCUT2D eigenvalue weighted by atomic mass is 16.2. The van der Waals surface area contributed by atoms with Crippen molar-refractivity contribution < 1.29 is 4.79 Å². The monoisotopic (exact) mass is 294 g/mol. The number of hydrogen-bond acceptors (Lipinski definition) is 2. The number of carbonyl (C=O) groups excluding carboxylic acids is 1. The quantitative estimate of drug-likeness (QED) is 0.928. The Hall–Kier alpha value is -2.13. The van der Waals surface area contributed by atoms with Crippen molar-refractivity contribution in [3.8, 4) is 0 Å². The van der Waals surface area contributed by atoms with Crippen LogP contribution in [0.15, 0.2) is 53.8 Å². The molecule has 1 aromatic rings. The molecule has 1 heterocycles. The van der Waals surface area contributed by atoms with Crippen molar-refractivity contribution in [1.82, 2.24) is 10.2 Å². The first-order valence-electron chi connectivity index (χ1n) is 7.91. The number of nitrogens with zero attached hydrogens (tertiary/aromatic N) is 1. The molecule has 3 heteroatoms. The third-order valence-corrected chi connectivity index (χ3v) is 4.17. The largest absolute Gasteiger partial charge is 0.319 e. The molecule has 0 atom stereocenters. The molecule has 0 saturated heterocycles. The van der Waals surface area contributed by atoms with Crippen LogP contribution in [0, 0.1) is 0 Å². The highest BCUT2D eigenvalue weighted by Gasteiger charge is 2.23. The van der Waals surface area contributed by atoms with Crippen molar-refractivity contribution in [3.05, 3.63) is 64.9 Å². The van der Waals surface area contributed by atoms with Crippen LogP contribution in [-0.2, 0) is 11.3 Å². The van der Waals surface area contributed by atoms with Gasteiger partial charge in [0, 0.05) is 18.7 Å². The molecule has 1 amide bonds. The Morgan fingerprint density at radius 1 is 1.18 bits per heavy atom. The van der Waals surface area contributed by atoms with E-state index < -0.39 is 0 Å². The Balaban J connectivity index is 1.99. The summed E-state index contributed by atoms with van der Waals surface area (Å²) in [7, 11) is 1.88. The smallest absolute Gasteiger partial charge is 0.228 e. The highest BCUT2D eigenvalue weighted by molar-refractivity contribution is 5.80. The summed E-state index contributed by atoms with van der Waals surface area (Å²) in [5, 5.41) is 3.06. The van der Waals surface area contributed by atoms with Gasteiger partial charge in [0.2, 0.25) is 5.91 Å². The van der Waals surface area contributed by atoms with Gasteiger partial charge in [0.25, 0.3) is 0 Å². The fraction of sp³-hybridized carbons (Fsp3) is 0.316. The summed E-state index contributed by atoms with van der Waals surface area (Å²) in [6.45, 7) is 1.35. The molecular weight excluding hydrogens is 272 g/mol. The number of fused-ring (bicyclic) bond motifs is 2. The number of benzene rings is 1. The Kier molecular flexibility index (Phi) is 4.54. The average Bonchev–Trinajstić information content (AvgIpc) is 2.55. The minimum absolute atomic E-state index is 0.179. The van der Waals surface area contributed by atoms with E-state index in [4.69, 9.17) is 0 Å². The number of amides is 1. The molecule has 0 saturated carbocycles. The Morgan fingerprint density at radius 3 is 2.86 bits per heavy atom. The number of hydrogen-bond donors (Lipinski definition) is 1. The molecule has 3 nitrogen and oxygen atoms in total. The lowest BCUT2D eigenvalue weighted by atomic mass is 9.96. The van der Waals surface area contributed by atoms with Gasteiger partial charge in [0.05, 0.1) is 6.54 Å². The van der Waals surface area contributed by atoms with E-state index in [9.17, 15) is 4.79 Å². The van der Waals surface area contributed by atoms with Crippen molar-refractivity contribution in [2.75, 3.05) is 13.6 Å². The highest BCUT2D eigenvalue weighted by Crippen LogP contribution is 2.29. The van der Waals surface area contributed by atoms with E-state index in [-0.39, 0.29) is 5.91 Å². The molecule has 0 unspecified atom stereocenters. The minimum Gasteiger partial charge on any atom is -0.319 e. The van der Waals surface area contributed by atoms with Crippen molar-refractivity contribution >= 4 is 12.0 Å². The zero-order chi connectivity index (χ0) is 15.4. The van der Waals surface area contributed by atoms with Crippen LogP contribution < -0.4 is 5.32 Å². The number of nitrogens with one attached hydrogen (secondary N) is 1. The normalized spacial score (nSPS) is 18.3. The Labute approximate surface area is 132 Å². The number of allylic oxidation sites excluding steroid dienone is 3. The van der Waals surface area contributed by atoms with E-state index in [1.807, 2.05) is 24.1 Å². The van der Waals surface area contributed by atoms with Gasteiger partial charge in [-0.15, -0.1) is 0 Å². The van der Waals surface area contributed by atoms with Gasteiger partial charge in [0.15, 0.2) is 0 Å². The van der Waals surface area contributed by atoms with Gasteiger partial charge >= 0.3 is 0 Å². The van der Waals surface area contributed by atoms with E-state index in [0.717, 1.165) is 18.5 Å². The molecule has 2 aliphatic rings. The van der Waals surface area contributed by atoms with Crippen LogP contribution in [0.5, 0.6) is 0 Å². The molecule has 0 fully saturated rings. The predicted octanol–water partition coefficient (Wildman–Crippen LogP) is 3.26. The molecule has 114 valence electrons. The summed E-state index contributed by atoms with van der Waals surface area (Å²) in [4.78, 5) is 14.6. The second-order valence-electron chi connectivity index (χ2n) is 5.69. The van der Waals surface area contributed by atoms with Crippen LogP contribution in [0.3, 0.4) is 0 Å². The molecule has 0 radical (unpaired) electrons. The molecular formula is C19H22N2O. The maximum Gasteiger partial charge on any atom is 0.228 e. The summed E-state index contributed by atoms with van der Waals surface area (Å²) in [6, 6.07) is 8.30. The van der Waals surface area contributed by atoms with Gasteiger partial charge in [-0.05, 0) is 36.6 Å². The fourth-order valence-electron chi connectivity index (χ4n) is 2.97. The molecule has 0 spiro atoms. The molecule has 0 bridgehead atoms. The van der Waals surface area contributed by atoms with Crippen molar-refractivity contribution in [2.45, 2.75) is 25.8 Å². The summed E-state index contributed by atoms with van der Waals surface area (Å²) in [6.07, 6.45) is 11.3. The van der Waals surface area contributed by atoms with E-state index >= 15 is 0 Å². The van der Waals surface area contributed by atoms with Gasteiger partial charge in [0.1, 0.15) is 0 Å². The SMILES string of the molecule is CNCCC(=O)N1Cc2ccccc2/C=C\C2=CCCC=C21. The van der Waals surface area contributed by atoms with Gasteiger partial charge in [-0.3, -0.25) is 4.79 Å². The number of rotatable bonds is 3. The second kappa shape index (κ2) is 6.75. The van der Waals surface area contributed by atoms with Crippen molar-refractivity contribution in [1.29, 1.82) is 0 Å². The first-order chi connectivity index (χ1) is 10.8. The summed E-state index contributed by atoms with van der Waals surface area (Å²) in [5.41, 5.74) is 4.62. The summed E-state index contributed by atoms with van der Waals surface area (Å²) in [5.74, 6) is 0.179.